The van der Waals surface area contributed by atoms with Crippen molar-refractivity contribution in [2.75, 3.05) is 0 Å². The second-order valence-corrected chi connectivity index (χ2v) is 5.79. The van der Waals surface area contributed by atoms with Gasteiger partial charge in [0.25, 0.3) is 0 Å². The molecule has 1 unspecified atom stereocenters. The Hall–Kier alpha value is -1.50. The molecule has 2 aliphatic heterocycles. The molecule has 0 radical (unpaired) electrons. The van der Waals surface area contributed by atoms with Crippen LogP contribution < -0.4 is 5.32 Å². The number of carbonyl (C=O) groups excluding carboxylic acids is 2. The van der Waals surface area contributed by atoms with Crippen molar-refractivity contribution in [2.24, 2.45) is 0 Å². The Morgan fingerprint density at radius 3 is 2.76 bits per heavy atom. The lowest BCUT2D eigenvalue weighted by molar-refractivity contribution is -0.146. The average Bonchev–Trinajstić information content (AvgIpc) is 2.13. The Balaban J connectivity index is 2.33. The predicted octanol–water partition coefficient (Wildman–Crippen LogP) is 0.112. The van der Waals surface area contributed by atoms with E-state index in [1.54, 1.807) is 6.92 Å². The number of hydrogen-bond donors (Lipinski definition) is 2. The molecule has 6 nitrogen and oxygen atoms in total. The maximum Gasteiger partial charge on any atom is 0.352 e. The largest absolute Gasteiger partial charge is 0.477 e. The number of thioether (sulfide) groups is 1. The maximum absolute atomic E-state index is 11.3. The van der Waals surface area contributed by atoms with E-state index in [9.17, 15) is 14.4 Å². The monoisotopic (exact) mass is 256 g/mol. The van der Waals surface area contributed by atoms with Crippen LogP contribution in [0.3, 0.4) is 0 Å². The number of amides is 2. The molecule has 17 heavy (non-hydrogen) atoms. The molecule has 0 aromatic carbocycles. The summed E-state index contributed by atoms with van der Waals surface area (Å²) in [5.74, 6) is -1.58. The van der Waals surface area contributed by atoms with E-state index in [1.807, 2.05) is 0 Å². The molecule has 1 fully saturated rings. The molecule has 0 spiro atoms. The van der Waals surface area contributed by atoms with Crippen LogP contribution in [0.25, 0.3) is 0 Å². The van der Waals surface area contributed by atoms with Crippen molar-refractivity contribution in [1.29, 1.82) is 0 Å². The predicted molar refractivity (Wildman–Crippen MR) is 60.8 cm³/mol. The summed E-state index contributed by atoms with van der Waals surface area (Å²) in [5, 5.41) is 11.6. The van der Waals surface area contributed by atoms with Gasteiger partial charge in [0.05, 0.1) is 11.8 Å². The Morgan fingerprint density at radius 1 is 1.65 bits per heavy atom. The molecule has 0 aromatic heterocycles. The molecule has 0 saturated carbocycles. The van der Waals surface area contributed by atoms with Crippen molar-refractivity contribution < 1.29 is 19.5 Å². The van der Waals surface area contributed by atoms with Crippen molar-refractivity contribution in [3.05, 3.63) is 11.8 Å². The molecule has 0 aliphatic carbocycles. The molecule has 2 N–H and O–H groups in total. The lowest BCUT2D eigenvalue weighted by Gasteiger charge is -2.47. The number of nitrogens with zero attached hydrogens (tertiary/aromatic N) is 1. The minimum absolute atomic E-state index is 0.0544. The second-order valence-electron chi connectivity index (χ2n) is 4.16. The maximum atomic E-state index is 11.3. The Bertz CT molecular complexity index is 448. The van der Waals surface area contributed by atoms with Crippen LogP contribution in [0.4, 0.5) is 0 Å². The fourth-order valence-corrected chi connectivity index (χ4v) is 3.51. The first-order chi connectivity index (χ1) is 7.82. The van der Waals surface area contributed by atoms with Crippen molar-refractivity contribution in [1.82, 2.24) is 10.2 Å². The quantitative estimate of drug-likeness (QED) is 0.685. The van der Waals surface area contributed by atoms with Crippen molar-refractivity contribution in [3.8, 4) is 0 Å². The Morgan fingerprint density at radius 2 is 2.29 bits per heavy atom. The molecule has 2 rings (SSSR count). The lowest BCUT2D eigenvalue weighted by atomic mass is 10.1. The van der Waals surface area contributed by atoms with Gasteiger partial charge < -0.3 is 10.4 Å². The highest BCUT2D eigenvalue weighted by Gasteiger charge is 2.49. The van der Waals surface area contributed by atoms with E-state index in [0.29, 0.717) is 6.42 Å². The number of rotatable bonds is 2. The first-order valence-corrected chi connectivity index (χ1v) is 5.95. The summed E-state index contributed by atoms with van der Waals surface area (Å²) >= 11 is 1.37. The molecule has 2 aliphatic rings. The van der Waals surface area contributed by atoms with E-state index < -0.39 is 10.8 Å². The highest BCUT2D eigenvalue weighted by Crippen LogP contribution is 2.44. The Kier molecular flexibility index (Phi) is 2.65. The third-order valence-electron chi connectivity index (χ3n) is 2.60. The summed E-state index contributed by atoms with van der Waals surface area (Å²) in [6.07, 6.45) is 1.72. The molecule has 0 bridgehead atoms. The topological polar surface area (TPSA) is 86.7 Å². The number of carboxylic acids is 1. The zero-order valence-electron chi connectivity index (χ0n) is 9.39. The number of β-lactam (4-membered cyclic amide) rings is 1. The van der Waals surface area contributed by atoms with Crippen LogP contribution in [-0.2, 0) is 14.4 Å². The van der Waals surface area contributed by atoms with Crippen LogP contribution in [0, 0.1) is 0 Å². The van der Waals surface area contributed by atoms with Gasteiger partial charge in [-0.15, -0.1) is 11.8 Å². The molecule has 92 valence electrons. The summed E-state index contributed by atoms with van der Waals surface area (Å²) in [7, 11) is 0. The van der Waals surface area contributed by atoms with E-state index in [2.05, 4.69) is 5.32 Å². The lowest BCUT2D eigenvalue weighted by Crippen LogP contribution is -2.58. The van der Waals surface area contributed by atoms with E-state index >= 15 is 0 Å². The van der Waals surface area contributed by atoms with Crippen LogP contribution in [-0.4, -0.2) is 38.0 Å². The molecule has 7 heteroatoms. The number of fused-ring (bicyclic) bond motifs is 1. The van der Waals surface area contributed by atoms with Crippen LogP contribution in [0.5, 0.6) is 0 Å². The number of carboxylic acid groups (broad SMARTS) is 1. The fourth-order valence-electron chi connectivity index (χ4n) is 2.00. The summed E-state index contributed by atoms with van der Waals surface area (Å²) in [6, 6.07) is 0. The minimum atomic E-state index is -1.15. The van der Waals surface area contributed by atoms with E-state index in [1.165, 1.54) is 29.7 Å². The number of carbonyl (C=O) groups is 3. The standard InChI is InChI=1S/C10H12N2O4S/c1-5(13)11-10(2)4-6(9(15)16)12-7(14)3-8(12)17-10/h4,8H,3H2,1-2H3,(H,11,13)(H,15,16)/t8-,10?/m1/s1. The smallest absolute Gasteiger partial charge is 0.352 e. The second kappa shape index (κ2) is 3.76. The molecule has 2 heterocycles. The van der Waals surface area contributed by atoms with Crippen LogP contribution in [0.1, 0.15) is 20.3 Å². The summed E-state index contributed by atoms with van der Waals surface area (Å²) in [5.41, 5.74) is -0.0544. The van der Waals surface area contributed by atoms with Gasteiger partial charge in [0, 0.05) is 6.92 Å². The highest BCUT2D eigenvalue weighted by molar-refractivity contribution is 8.01. The van der Waals surface area contributed by atoms with Crippen molar-refractivity contribution >= 4 is 29.5 Å². The third-order valence-corrected chi connectivity index (χ3v) is 3.96. The molecule has 1 saturated heterocycles. The van der Waals surface area contributed by atoms with Crippen LogP contribution >= 0.6 is 11.8 Å². The molecule has 2 amide bonds. The number of aliphatic carboxylic acids is 1. The van der Waals surface area contributed by atoms with Gasteiger partial charge in [-0.3, -0.25) is 14.5 Å². The molecule has 2 atom stereocenters. The normalized spacial score (nSPS) is 31.2. The zero-order chi connectivity index (χ0) is 12.8. The van der Waals surface area contributed by atoms with Gasteiger partial charge in [0.2, 0.25) is 11.8 Å². The molecular formula is C10H12N2O4S. The summed E-state index contributed by atoms with van der Waals surface area (Å²) in [6.45, 7) is 3.10. The van der Waals surface area contributed by atoms with Crippen molar-refractivity contribution in [2.45, 2.75) is 30.5 Å². The van der Waals surface area contributed by atoms with Gasteiger partial charge in [0.1, 0.15) is 10.6 Å². The van der Waals surface area contributed by atoms with Gasteiger partial charge in [-0.2, -0.15) is 0 Å². The van der Waals surface area contributed by atoms with Gasteiger partial charge in [-0.25, -0.2) is 4.79 Å². The van der Waals surface area contributed by atoms with Gasteiger partial charge >= 0.3 is 5.97 Å². The first-order valence-electron chi connectivity index (χ1n) is 5.07. The Labute approximate surface area is 102 Å². The van der Waals surface area contributed by atoms with Gasteiger partial charge in [-0.05, 0) is 13.0 Å². The van der Waals surface area contributed by atoms with E-state index in [-0.39, 0.29) is 22.9 Å². The number of hydrogen-bond acceptors (Lipinski definition) is 4. The average molecular weight is 256 g/mol. The van der Waals surface area contributed by atoms with Crippen LogP contribution in [0.15, 0.2) is 11.8 Å². The summed E-state index contributed by atoms with van der Waals surface area (Å²) < 4.78 is 0. The molecule has 0 aromatic rings. The van der Waals surface area contributed by atoms with Gasteiger partial charge in [0.15, 0.2) is 0 Å². The number of nitrogens with one attached hydrogen (secondary N) is 1. The minimum Gasteiger partial charge on any atom is -0.477 e. The highest BCUT2D eigenvalue weighted by atomic mass is 32.2. The van der Waals surface area contributed by atoms with Crippen molar-refractivity contribution in [3.63, 3.8) is 0 Å². The third kappa shape index (κ3) is 2.02. The van der Waals surface area contributed by atoms with E-state index in [4.69, 9.17) is 5.11 Å². The SMILES string of the molecule is CC(=O)NC1(C)C=C(C(=O)O)N2C(=O)C[C@H]2S1. The van der Waals surface area contributed by atoms with Crippen LogP contribution in [0.2, 0.25) is 0 Å². The fraction of sp³-hybridized carbons (Fsp3) is 0.500. The van der Waals surface area contributed by atoms with Gasteiger partial charge in [-0.1, -0.05) is 0 Å². The first kappa shape index (κ1) is 12.0. The summed E-state index contributed by atoms with van der Waals surface area (Å²) in [4.78, 5) is 34.0. The molecular weight excluding hydrogens is 244 g/mol. The zero-order valence-corrected chi connectivity index (χ0v) is 10.2. The van der Waals surface area contributed by atoms with E-state index in [0.717, 1.165) is 0 Å².